The fraction of sp³-hybridized carbons (Fsp3) is 0.391. The first-order valence-electron chi connectivity index (χ1n) is 10.1. The second kappa shape index (κ2) is 7.95. The third-order valence-electron chi connectivity index (χ3n) is 5.51. The second-order valence-electron chi connectivity index (χ2n) is 8.04. The van der Waals surface area contributed by atoms with Crippen LogP contribution in [-0.2, 0) is 21.0 Å². The summed E-state index contributed by atoms with van der Waals surface area (Å²) in [6.45, 7) is 4.76. The molecule has 1 atom stereocenters. The first-order chi connectivity index (χ1) is 14.4. The van der Waals surface area contributed by atoms with Crippen molar-refractivity contribution in [2.45, 2.75) is 31.7 Å². The molecule has 30 heavy (non-hydrogen) atoms. The minimum Gasteiger partial charge on any atom is -0.497 e. The van der Waals surface area contributed by atoms with Crippen molar-refractivity contribution in [3.8, 4) is 5.75 Å². The van der Waals surface area contributed by atoms with E-state index in [4.69, 9.17) is 4.74 Å². The van der Waals surface area contributed by atoms with Crippen molar-refractivity contribution >= 4 is 29.3 Å². The number of thioether (sulfide) groups is 1. The average molecular weight is 429 g/mol. The molecule has 0 aromatic heterocycles. The van der Waals surface area contributed by atoms with Gasteiger partial charge in [0.25, 0.3) is 5.91 Å². The van der Waals surface area contributed by atoms with Gasteiger partial charge in [-0.25, -0.2) is 4.39 Å². The summed E-state index contributed by atoms with van der Waals surface area (Å²) in [6.07, 6.45) is 0.388. The maximum Gasteiger partial charge on any atom is 0.268 e. The number of fused-ring (bicyclic) bond motifs is 2. The van der Waals surface area contributed by atoms with Crippen molar-refractivity contribution in [3.05, 3.63) is 59.4 Å². The molecule has 158 valence electrons. The molecule has 0 bridgehead atoms. The van der Waals surface area contributed by atoms with Crippen LogP contribution in [0.1, 0.15) is 31.4 Å². The summed E-state index contributed by atoms with van der Waals surface area (Å²) in [6, 6.07) is 11.8. The Morgan fingerprint density at radius 2 is 2.07 bits per heavy atom. The molecular weight excluding hydrogens is 403 g/mol. The maximum atomic E-state index is 13.9. The molecule has 7 heteroatoms. The molecule has 1 spiro atoms. The van der Waals surface area contributed by atoms with Crippen molar-refractivity contribution in [3.63, 3.8) is 0 Å². The van der Waals surface area contributed by atoms with E-state index in [2.05, 4.69) is 0 Å². The van der Waals surface area contributed by atoms with Gasteiger partial charge in [-0.05, 0) is 41.8 Å². The monoisotopic (exact) mass is 428 g/mol. The minimum absolute atomic E-state index is 0.0234. The van der Waals surface area contributed by atoms with E-state index in [0.717, 1.165) is 11.3 Å². The number of nitrogens with zero attached hydrogens (tertiary/aromatic N) is 2. The molecule has 0 aliphatic carbocycles. The predicted octanol–water partition coefficient (Wildman–Crippen LogP) is 4.16. The zero-order chi connectivity index (χ0) is 21.5. The lowest BCUT2D eigenvalue weighted by Gasteiger charge is -2.33. The van der Waals surface area contributed by atoms with E-state index in [-0.39, 0.29) is 30.1 Å². The summed E-state index contributed by atoms with van der Waals surface area (Å²) in [5.74, 6) is 0.995. The molecule has 2 aromatic rings. The molecule has 1 fully saturated rings. The van der Waals surface area contributed by atoms with Crippen LogP contribution in [0.4, 0.5) is 10.1 Å². The molecule has 2 aliphatic rings. The normalized spacial score (nSPS) is 20.4. The Labute approximate surface area is 180 Å². The summed E-state index contributed by atoms with van der Waals surface area (Å²) >= 11 is 1.49. The molecule has 0 unspecified atom stereocenters. The summed E-state index contributed by atoms with van der Waals surface area (Å²) in [7, 11) is 1.58. The SMILES string of the molecule is COc1ccc2c(c1)[C@]1(SCCN1C(=O)CC(C)C)C(=O)N2Cc1cccc(F)c1. The van der Waals surface area contributed by atoms with Gasteiger partial charge in [-0.1, -0.05) is 26.0 Å². The van der Waals surface area contributed by atoms with Crippen LogP contribution >= 0.6 is 11.8 Å². The Balaban J connectivity index is 1.80. The molecule has 2 aliphatic heterocycles. The first kappa shape index (κ1) is 20.7. The van der Waals surface area contributed by atoms with Crippen LogP contribution in [0.2, 0.25) is 0 Å². The molecule has 0 radical (unpaired) electrons. The molecule has 0 saturated carbocycles. The van der Waals surface area contributed by atoms with Crippen LogP contribution in [0.5, 0.6) is 5.75 Å². The summed E-state index contributed by atoms with van der Waals surface area (Å²) in [5.41, 5.74) is 2.20. The Hall–Kier alpha value is -2.54. The molecule has 2 heterocycles. The van der Waals surface area contributed by atoms with Crippen molar-refractivity contribution in [2.75, 3.05) is 24.3 Å². The van der Waals surface area contributed by atoms with Crippen LogP contribution in [0, 0.1) is 11.7 Å². The molecule has 1 saturated heterocycles. The highest BCUT2D eigenvalue weighted by Crippen LogP contribution is 2.55. The Morgan fingerprint density at radius 3 is 2.77 bits per heavy atom. The van der Waals surface area contributed by atoms with Crippen LogP contribution in [0.25, 0.3) is 0 Å². The number of hydrogen-bond donors (Lipinski definition) is 0. The Morgan fingerprint density at radius 1 is 1.27 bits per heavy atom. The summed E-state index contributed by atoms with van der Waals surface area (Å²) < 4.78 is 19.2. The first-order valence-corrected chi connectivity index (χ1v) is 11.0. The van der Waals surface area contributed by atoms with Crippen molar-refractivity contribution < 1.29 is 18.7 Å². The summed E-state index contributed by atoms with van der Waals surface area (Å²) in [5, 5.41) is 0. The van der Waals surface area contributed by atoms with Gasteiger partial charge in [0.05, 0.1) is 19.3 Å². The van der Waals surface area contributed by atoms with Crippen LogP contribution in [0.15, 0.2) is 42.5 Å². The van der Waals surface area contributed by atoms with Gasteiger partial charge in [-0.2, -0.15) is 0 Å². The number of carbonyl (C=O) groups is 2. The molecular formula is C23H25FN2O3S. The van der Waals surface area contributed by atoms with E-state index in [9.17, 15) is 14.0 Å². The molecule has 2 amide bonds. The third kappa shape index (κ3) is 3.35. The number of ether oxygens (including phenoxy) is 1. The quantitative estimate of drug-likeness (QED) is 0.718. The number of methoxy groups -OCH3 is 1. The zero-order valence-electron chi connectivity index (χ0n) is 17.4. The Bertz CT molecular complexity index is 996. The molecule has 2 aromatic carbocycles. The van der Waals surface area contributed by atoms with Crippen LogP contribution in [-0.4, -0.2) is 36.1 Å². The van der Waals surface area contributed by atoms with Gasteiger partial charge in [-0.3, -0.25) is 9.59 Å². The number of hydrogen-bond acceptors (Lipinski definition) is 4. The maximum absolute atomic E-state index is 13.9. The van der Waals surface area contributed by atoms with E-state index in [1.54, 1.807) is 29.0 Å². The van der Waals surface area contributed by atoms with Gasteiger partial charge in [0.1, 0.15) is 11.6 Å². The molecule has 0 N–H and O–H groups in total. The molecule has 4 rings (SSSR count). The standard InChI is InChI=1S/C23H25FN2O3S/c1-15(2)11-21(27)26-9-10-30-23(26)19-13-18(29-3)7-8-20(19)25(22(23)28)14-16-5-4-6-17(24)12-16/h4-8,12-13,15H,9-11,14H2,1-3H3/t23-/m0/s1. The van der Waals surface area contributed by atoms with E-state index >= 15 is 0 Å². The highest BCUT2D eigenvalue weighted by atomic mass is 32.2. The molecule has 5 nitrogen and oxygen atoms in total. The van der Waals surface area contributed by atoms with Gasteiger partial charge in [0, 0.05) is 24.3 Å². The van der Waals surface area contributed by atoms with E-state index in [0.29, 0.717) is 30.0 Å². The number of carbonyl (C=O) groups excluding carboxylic acids is 2. The lowest BCUT2D eigenvalue weighted by Crippen LogP contribution is -2.50. The number of anilines is 1. The van der Waals surface area contributed by atoms with Gasteiger partial charge >= 0.3 is 0 Å². The van der Waals surface area contributed by atoms with Crippen molar-refractivity contribution in [1.29, 1.82) is 0 Å². The zero-order valence-corrected chi connectivity index (χ0v) is 18.2. The van der Waals surface area contributed by atoms with E-state index < -0.39 is 4.87 Å². The van der Waals surface area contributed by atoms with Crippen molar-refractivity contribution in [2.24, 2.45) is 5.92 Å². The lowest BCUT2D eigenvalue weighted by molar-refractivity contribution is -0.140. The average Bonchev–Trinajstić information content (AvgIpc) is 3.25. The third-order valence-corrected chi connectivity index (χ3v) is 6.93. The van der Waals surface area contributed by atoms with Crippen LogP contribution < -0.4 is 9.64 Å². The van der Waals surface area contributed by atoms with Gasteiger partial charge in [0.2, 0.25) is 5.91 Å². The van der Waals surface area contributed by atoms with Crippen LogP contribution in [0.3, 0.4) is 0 Å². The fourth-order valence-corrected chi connectivity index (χ4v) is 5.68. The second-order valence-corrected chi connectivity index (χ2v) is 9.33. The predicted molar refractivity (Wildman–Crippen MR) is 116 cm³/mol. The minimum atomic E-state index is -1.09. The van der Waals surface area contributed by atoms with Gasteiger partial charge in [0.15, 0.2) is 4.87 Å². The van der Waals surface area contributed by atoms with Crippen molar-refractivity contribution in [1.82, 2.24) is 4.90 Å². The van der Waals surface area contributed by atoms with E-state index in [1.165, 1.54) is 23.9 Å². The highest BCUT2D eigenvalue weighted by Gasteiger charge is 2.59. The number of amides is 2. The number of rotatable bonds is 5. The smallest absolute Gasteiger partial charge is 0.268 e. The number of halogens is 1. The summed E-state index contributed by atoms with van der Waals surface area (Å²) in [4.78, 5) is 29.2. The topological polar surface area (TPSA) is 49.9 Å². The Kier molecular flexibility index (Phi) is 5.49. The van der Waals surface area contributed by atoms with E-state index in [1.807, 2.05) is 32.0 Å². The number of benzene rings is 2. The lowest BCUT2D eigenvalue weighted by atomic mass is 10.0. The van der Waals surface area contributed by atoms with Gasteiger partial charge in [-0.15, -0.1) is 11.8 Å². The van der Waals surface area contributed by atoms with Gasteiger partial charge < -0.3 is 14.5 Å². The highest BCUT2D eigenvalue weighted by molar-refractivity contribution is 8.01. The largest absolute Gasteiger partial charge is 0.497 e. The fourth-order valence-electron chi connectivity index (χ4n) is 4.21.